The molecule has 1 aromatic rings. The van der Waals surface area contributed by atoms with Crippen LogP contribution in [-0.2, 0) is 19.0 Å². The Morgan fingerprint density at radius 3 is 2.77 bits per heavy atom. The van der Waals surface area contributed by atoms with Crippen molar-refractivity contribution in [1.29, 1.82) is 0 Å². The molecule has 1 aliphatic rings. The van der Waals surface area contributed by atoms with Crippen molar-refractivity contribution < 1.29 is 28.9 Å². The monoisotopic (exact) mass is 405 g/mol. The first-order valence-electron chi connectivity index (χ1n) is 8.20. The first-order valence-corrected chi connectivity index (χ1v) is 8.95. The normalized spacial score (nSPS) is 20.5. The number of carbonyl (C=O) groups is 2. The molecule has 2 rings (SSSR count). The Bertz CT molecular complexity index is 642. The van der Waals surface area contributed by atoms with Gasteiger partial charge in [-0.15, -0.1) is 0 Å². The van der Waals surface area contributed by atoms with E-state index >= 15 is 0 Å². The highest BCUT2D eigenvalue weighted by molar-refractivity contribution is 6.42. The zero-order valence-corrected chi connectivity index (χ0v) is 15.8. The van der Waals surface area contributed by atoms with Gasteiger partial charge in [-0.25, -0.2) is 9.59 Å². The molecule has 1 amide bonds. The van der Waals surface area contributed by atoms with E-state index in [0.717, 1.165) is 5.56 Å². The lowest BCUT2D eigenvalue weighted by atomic mass is 9.93. The van der Waals surface area contributed by atoms with Crippen LogP contribution in [0.1, 0.15) is 18.4 Å². The van der Waals surface area contributed by atoms with Crippen molar-refractivity contribution in [2.24, 2.45) is 0 Å². The number of nitrogens with zero attached hydrogens (tertiary/aromatic N) is 1. The van der Waals surface area contributed by atoms with E-state index in [1.54, 1.807) is 25.1 Å². The highest BCUT2D eigenvalue weighted by Crippen LogP contribution is 2.31. The summed E-state index contributed by atoms with van der Waals surface area (Å²) in [6.07, 6.45) is -1.46. The molecule has 1 N–H and O–H groups in total. The minimum absolute atomic E-state index is 0.122. The summed E-state index contributed by atoms with van der Waals surface area (Å²) in [7, 11) is 0. The number of esters is 1. The number of amides is 1. The maximum absolute atomic E-state index is 11.4. The molecule has 1 heterocycles. The van der Waals surface area contributed by atoms with E-state index in [1.807, 2.05) is 0 Å². The molecule has 0 aromatic heterocycles. The fourth-order valence-corrected chi connectivity index (χ4v) is 3.05. The summed E-state index contributed by atoms with van der Waals surface area (Å²) in [5.41, 5.74) is 0.789. The van der Waals surface area contributed by atoms with Gasteiger partial charge >= 0.3 is 12.1 Å². The van der Waals surface area contributed by atoms with Crippen LogP contribution >= 0.6 is 23.2 Å². The van der Waals surface area contributed by atoms with Gasteiger partial charge in [-0.1, -0.05) is 29.3 Å². The molecular weight excluding hydrogens is 385 g/mol. The van der Waals surface area contributed by atoms with Crippen LogP contribution in [0.5, 0.6) is 0 Å². The van der Waals surface area contributed by atoms with Crippen molar-refractivity contribution in [2.75, 3.05) is 39.5 Å². The van der Waals surface area contributed by atoms with Gasteiger partial charge in [-0.3, -0.25) is 0 Å². The highest BCUT2D eigenvalue weighted by Gasteiger charge is 2.32. The number of carboxylic acid groups (broad SMARTS) is 1. The van der Waals surface area contributed by atoms with Gasteiger partial charge in [-0.2, -0.15) is 0 Å². The van der Waals surface area contributed by atoms with Crippen molar-refractivity contribution in [1.82, 2.24) is 4.90 Å². The summed E-state index contributed by atoms with van der Waals surface area (Å²) in [6.45, 7) is 2.64. The molecule has 1 aliphatic heterocycles. The second kappa shape index (κ2) is 9.97. The second-order valence-corrected chi connectivity index (χ2v) is 6.55. The molecule has 0 aliphatic carbocycles. The Morgan fingerprint density at radius 2 is 2.12 bits per heavy atom. The van der Waals surface area contributed by atoms with Gasteiger partial charge in [0.05, 0.1) is 36.0 Å². The molecule has 144 valence electrons. The van der Waals surface area contributed by atoms with E-state index in [4.69, 9.17) is 37.4 Å². The number of hydrogen-bond acceptors (Lipinski definition) is 5. The largest absolute Gasteiger partial charge is 0.465 e. The summed E-state index contributed by atoms with van der Waals surface area (Å²) >= 11 is 12.1. The van der Waals surface area contributed by atoms with Crippen molar-refractivity contribution >= 4 is 35.3 Å². The second-order valence-electron chi connectivity index (χ2n) is 5.74. The van der Waals surface area contributed by atoms with E-state index in [2.05, 4.69) is 0 Å². The van der Waals surface area contributed by atoms with Crippen LogP contribution < -0.4 is 0 Å². The van der Waals surface area contributed by atoms with Crippen molar-refractivity contribution in [3.63, 3.8) is 0 Å². The van der Waals surface area contributed by atoms with E-state index < -0.39 is 18.2 Å². The number of benzene rings is 1. The maximum atomic E-state index is 11.4. The summed E-state index contributed by atoms with van der Waals surface area (Å²) in [5.74, 6) is -0.773. The average Bonchev–Trinajstić information content (AvgIpc) is 2.80. The third-order valence-corrected chi connectivity index (χ3v) is 4.75. The van der Waals surface area contributed by atoms with Crippen molar-refractivity contribution in [3.8, 4) is 0 Å². The van der Waals surface area contributed by atoms with E-state index in [1.165, 1.54) is 4.90 Å². The number of hydrogen-bond donors (Lipinski definition) is 1. The number of carbonyl (C=O) groups excluding carboxylic acids is 1. The minimum atomic E-state index is -1.02. The first-order chi connectivity index (χ1) is 12.4. The van der Waals surface area contributed by atoms with E-state index in [9.17, 15) is 14.7 Å². The molecule has 0 saturated carbocycles. The summed E-state index contributed by atoms with van der Waals surface area (Å²) in [6, 6.07) is 5.14. The molecule has 0 bridgehead atoms. The minimum Gasteiger partial charge on any atom is -0.465 e. The molecule has 1 fully saturated rings. The Kier molecular flexibility index (Phi) is 7.96. The van der Waals surface area contributed by atoms with Crippen LogP contribution in [0.3, 0.4) is 0 Å². The third-order valence-electron chi connectivity index (χ3n) is 4.01. The summed E-state index contributed by atoms with van der Waals surface area (Å²) in [5, 5.41) is 10.1. The summed E-state index contributed by atoms with van der Waals surface area (Å²) < 4.78 is 16.0. The van der Waals surface area contributed by atoms with Gasteiger partial charge in [0.1, 0.15) is 6.61 Å². The Balaban J connectivity index is 2.14. The van der Waals surface area contributed by atoms with Crippen LogP contribution in [0.4, 0.5) is 4.79 Å². The lowest BCUT2D eigenvalue weighted by molar-refractivity contribution is -0.150. The van der Waals surface area contributed by atoms with Gasteiger partial charge in [0.2, 0.25) is 0 Å². The molecule has 0 spiro atoms. The fourth-order valence-electron chi connectivity index (χ4n) is 2.74. The van der Waals surface area contributed by atoms with E-state index in [-0.39, 0.29) is 45.4 Å². The maximum Gasteiger partial charge on any atom is 0.407 e. The molecule has 1 saturated heterocycles. The standard InChI is InChI=1S/C17H21Cl2NO6/c1-2-25-16(21)10-24-9-15-12(8-20(17(22)23)5-6-26-15)11-3-4-13(18)14(19)7-11/h3-4,7,12,15H,2,5-6,8-10H2,1H3,(H,22,23)/t12-,15-/m0/s1. The quantitative estimate of drug-likeness (QED) is 0.731. The van der Waals surface area contributed by atoms with Crippen LogP contribution in [0.25, 0.3) is 0 Å². The first kappa shape index (κ1) is 20.8. The predicted octanol–water partition coefficient (Wildman–Crippen LogP) is 3.04. The summed E-state index contributed by atoms with van der Waals surface area (Å²) in [4.78, 5) is 24.1. The molecule has 0 radical (unpaired) electrons. The average molecular weight is 406 g/mol. The highest BCUT2D eigenvalue weighted by atomic mass is 35.5. The molecule has 1 aromatic carbocycles. The number of rotatable bonds is 6. The van der Waals surface area contributed by atoms with Gasteiger partial charge in [0.15, 0.2) is 0 Å². The van der Waals surface area contributed by atoms with Crippen LogP contribution in [0, 0.1) is 0 Å². The Hall–Kier alpha value is -1.54. The predicted molar refractivity (Wildman–Crippen MR) is 96.0 cm³/mol. The van der Waals surface area contributed by atoms with Gasteiger partial charge < -0.3 is 24.2 Å². The Morgan fingerprint density at radius 1 is 1.35 bits per heavy atom. The van der Waals surface area contributed by atoms with Crippen LogP contribution in [0.15, 0.2) is 18.2 Å². The van der Waals surface area contributed by atoms with Crippen LogP contribution in [0.2, 0.25) is 10.0 Å². The van der Waals surface area contributed by atoms with Crippen molar-refractivity contribution in [2.45, 2.75) is 18.9 Å². The van der Waals surface area contributed by atoms with Gasteiger partial charge in [0.25, 0.3) is 0 Å². The molecular formula is C17H21Cl2NO6. The fraction of sp³-hybridized carbons (Fsp3) is 0.529. The van der Waals surface area contributed by atoms with E-state index in [0.29, 0.717) is 10.0 Å². The lowest BCUT2D eigenvalue weighted by Crippen LogP contribution is -2.36. The number of halogens is 2. The van der Waals surface area contributed by atoms with Gasteiger partial charge in [-0.05, 0) is 24.6 Å². The molecule has 0 unspecified atom stereocenters. The lowest BCUT2D eigenvalue weighted by Gasteiger charge is -2.27. The van der Waals surface area contributed by atoms with Crippen LogP contribution in [-0.4, -0.2) is 67.7 Å². The molecule has 26 heavy (non-hydrogen) atoms. The SMILES string of the molecule is CCOC(=O)COC[C@@H]1OCCN(C(=O)O)C[C@H]1c1ccc(Cl)c(Cl)c1. The topological polar surface area (TPSA) is 85.3 Å². The van der Waals surface area contributed by atoms with Gasteiger partial charge in [0, 0.05) is 19.0 Å². The third kappa shape index (κ3) is 5.74. The zero-order valence-electron chi connectivity index (χ0n) is 14.3. The molecule has 2 atom stereocenters. The zero-order chi connectivity index (χ0) is 19.1. The smallest absolute Gasteiger partial charge is 0.407 e. The molecule has 7 nitrogen and oxygen atoms in total. The Labute approximate surface area is 161 Å². The van der Waals surface area contributed by atoms with Crippen molar-refractivity contribution in [3.05, 3.63) is 33.8 Å². The number of ether oxygens (including phenoxy) is 3. The molecule has 9 heteroatoms.